The van der Waals surface area contributed by atoms with Crippen LogP contribution in [-0.4, -0.2) is 4.98 Å². The summed E-state index contributed by atoms with van der Waals surface area (Å²) in [6.45, 7) is 1.73. The Kier molecular flexibility index (Phi) is 1.67. The fourth-order valence-electron chi connectivity index (χ4n) is 1.46. The van der Waals surface area contributed by atoms with E-state index in [2.05, 4.69) is 9.40 Å². The van der Waals surface area contributed by atoms with E-state index < -0.39 is 11.4 Å². The Bertz CT molecular complexity index is 609. The van der Waals surface area contributed by atoms with Crippen LogP contribution in [0.4, 0.5) is 5.69 Å². The van der Waals surface area contributed by atoms with E-state index in [1.807, 2.05) is 0 Å². The van der Waals surface area contributed by atoms with Crippen molar-refractivity contribution in [2.45, 2.75) is 6.92 Å². The first-order valence-corrected chi connectivity index (χ1v) is 4.01. The maximum absolute atomic E-state index is 11.3. The van der Waals surface area contributed by atoms with Crippen molar-refractivity contribution < 1.29 is 4.42 Å². The SMILES string of the molecule is Cc1cc(N)cc2[nH]c(=O)oc(=O)c12. The molecule has 72 valence electrons. The number of aromatic amines is 1. The van der Waals surface area contributed by atoms with E-state index in [4.69, 9.17) is 5.73 Å². The van der Waals surface area contributed by atoms with E-state index in [9.17, 15) is 9.59 Å². The molecule has 1 aromatic carbocycles. The van der Waals surface area contributed by atoms with Crippen LogP contribution >= 0.6 is 0 Å². The number of anilines is 1. The number of rotatable bonds is 0. The second-order valence-electron chi connectivity index (χ2n) is 3.06. The minimum absolute atomic E-state index is 0.360. The first kappa shape index (κ1) is 8.55. The number of hydrogen-bond donors (Lipinski definition) is 2. The molecule has 0 aliphatic carbocycles. The summed E-state index contributed by atoms with van der Waals surface area (Å²) in [7, 11) is 0. The number of hydrogen-bond acceptors (Lipinski definition) is 4. The summed E-state index contributed by atoms with van der Waals surface area (Å²) in [5.74, 6) is -0.771. The van der Waals surface area contributed by atoms with Gasteiger partial charge in [-0.1, -0.05) is 0 Å². The van der Waals surface area contributed by atoms with Gasteiger partial charge in [0.2, 0.25) is 0 Å². The van der Waals surface area contributed by atoms with E-state index in [1.165, 1.54) is 6.07 Å². The van der Waals surface area contributed by atoms with E-state index in [-0.39, 0.29) is 0 Å². The monoisotopic (exact) mass is 192 g/mol. The van der Waals surface area contributed by atoms with Gasteiger partial charge in [0.05, 0.1) is 10.9 Å². The minimum Gasteiger partial charge on any atom is -0.399 e. The van der Waals surface area contributed by atoms with Crippen LogP contribution in [0.1, 0.15) is 5.56 Å². The lowest BCUT2D eigenvalue weighted by atomic mass is 10.1. The summed E-state index contributed by atoms with van der Waals surface area (Å²) in [6, 6.07) is 3.18. The normalized spacial score (nSPS) is 10.6. The Balaban J connectivity index is 3.10. The van der Waals surface area contributed by atoms with Crippen LogP contribution in [0.25, 0.3) is 10.9 Å². The molecule has 0 bridgehead atoms. The number of aromatic nitrogens is 1. The average Bonchev–Trinajstić information content (AvgIpc) is 1.99. The molecule has 0 saturated carbocycles. The summed E-state index contributed by atoms with van der Waals surface area (Å²) in [6.07, 6.45) is 0. The molecule has 0 unspecified atom stereocenters. The van der Waals surface area contributed by atoms with Crippen molar-refractivity contribution >= 4 is 16.6 Å². The van der Waals surface area contributed by atoms with Crippen molar-refractivity contribution in [3.63, 3.8) is 0 Å². The molecule has 0 aliphatic heterocycles. The summed E-state index contributed by atoms with van der Waals surface area (Å²) in [5.41, 5.74) is 6.52. The van der Waals surface area contributed by atoms with Crippen molar-refractivity contribution in [1.29, 1.82) is 0 Å². The van der Waals surface area contributed by atoms with Crippen LogP contribution in [0.2, 0.25) is 0 Å². The first-order valence-electron chi connectivity index (χ1n) is 4.01. The highest BCUT2D eigenvalue weighted by atomic mass is 16.4. The number of nitrogens with two attached hydrogens (primary N) is 1. The zero-order valence-corrected chi connectivity index (χ0v) is 7.46. The Morgan fingerprint density at radius 1 is 1.36 bits per heavy atom. The number of aryl methyl sites for hydroxylation is 1. The van der Waals surface area contributed by atoms with Crippen LogP contribution in [0, 0.1) is 6.92 Å². The quantitative estimate of drug-likeness (QED) is 0.590. The van der Waals surface area contributed by atoms with Crippen molar-refractivity contribution in [3.05, 3.63) is 38.7 Å². The zero-order valence-electron chi connectivity index (χ0n) is 7.46. The molecule has 0 amide bonds. The van der Waals surface area contributed by atoms with E-state index in [0.29, 0.717) is 22.2 Å². The second-order valence-corrected chi connectivity index (χ2v) is 3.06. The Morgan fingerprint density at radius 2 is 2.07 bits per heavy atom. The lowest BCUT2D eigenvalue weighted by Crippen LogP contribution is -2.15. The molecule has 14 heavy (non-hydrogen) atoms. The van der Waals surface area contributed by atoms with Crippen LogP contribution in [-0.2, 0) is 0 Å². The van der Waals surface area contributed by atoms with Crippen molar-refractivity contribution in [1.82, 2.24) is 4.98 Å². The molecule has 2 rings (SSSR count). The van der Waals surface area contributed by atoms with Gasteiger partial charge in [-0.15, -0.1) is 0 Å². The molecule has 2 aromatic rings. The van der Waals surface area contributed by atoms with Gasteiger partial charge >= 0.3 is 11.4 Å². The van der Waals surface area contributed by atoms with Crippen LogP contribution < -0.4 is 17.1 Å². The summed E-state index contributed by atoms with van der Waals surface area (Å²) >= 11 is 0. The highest BCUT2D eigenvalue weighted by Gasteiger charge is 2.06. The Labute approximate surface area is 78.2 Å². The number of nitrogens with one attached hydrogen (secondary N) is 1. The standard InChI is InChI=1S/C9H8N2O3/c1-4-2-5(10)3-6-7(4)8(12)14-9(13)11-6/h2-3H,10H2,1H3,(H,11,13). The molecule has 5 nitrogen and oxygen atoms in total. The van der Waals surface area contributed by atoms with Gasteiger partial charge < -0.3 is 10.2 Å². The van der Waals surface area contributed by atoms with Crippen LogP contribution in [0.5, 0.6) is 0 Å². The number of benzene rings is 1. The van der Waals surface area contributed by atoms with Gasteiger partial charge in [0.15, 0.2) is 0 Å². The van der Waals surface area contributed by atoms with Crippen molar-refractivity contribution in [2.75, 3.05) is 5.73 Å². The maximum atomic E-state index is 11.3. The van der Waals surface area contributed by atoms with Crippen molar-refractivity contribution in [2.24, 2.45) is 0 Å². The van der Waals surface area contributed by atoms with Gasteiger partial charge in [-0.3, -0.25) is 4.98 Å². The Morgan fingerprint density at radius 3 is 2.79 bits per heavy atom. The third-order valence-corrected chi connectivity index (χ3v) is 1.98. The molecule has 0 spiro atoms. The zero-order chi connectivity index (χ0) is 10.3. The highest BCUT2D eigenvalue weighted by molar-refractivity contribution is 5.83. The molecule has 0 aliphatic rings. The molecule has 0 atom stereocenters. The summed E-state index contributed by atoms with van der Waals surface area (Å²) < 4.78 is 4.40. The Hall–Kier alpha value is -2.04. The van der Waals surface area contributed by atoms with Crippen LogP contribution in [0.3, 0.4) is 0 Å². The molecule has 0 fully saturated rings. The van der Waals surface area contributed by atoms with Gasteiger partial charge in [-0.25, -0.2) is 9.59 Å². The molecule has 3 N–H and O–H groups in total. The predicted molar refractivity (Wildman–Crippen MR) is 52.3 cm³/mol. The van der Waals surface area contributed by atoms with Crippen molar-refractivity contribution in [3.8, 4) is 0 Å². The topological polar surface area (TPSA) is 89.1 Å². The molecule has 0 saturated heterocycles. The molecular weight excluding hydrogens is 184 g/mol. The predicted octanol–water partition coefficient (Wildman–Crippen LogP) is 0.372. The van der Waals surface area contributed by atoms with Gasteiger partial charge in [-0.2, -0.15) is 0 Å². The minimum atomic E-state index is -0.771. The van der Waals surface area contributed by atoms with Gasteiger partial charge in [0.1, 0.15) is 0 Å². The smallest absolute Gasteiger partial charge is 0.399 e. The number of fused-ring (bicyclic) bond motifs is 1. The molecular formula is C9H8N2O3. The first-order chi connectivity index (χ1) is 6.58. The van der Waals surface area contributed by atoms with E-state index >= 15 is 0 Å². The average molecular weight is 192 g/mol. The molecule has 0 radical (unpaired) electrons. The third-order valence-electron chi connectivity index (χ3n) is 1.98. The summed E-state index contributed by atoms with van der Waals surface area (Å²) in [5, 5.41) is 0.360. The van der Waals surface area contributed by atoms with E-state index in [0.717, 1.165) is 0 Å². The summed E-state index contributed by atoms with van der Waals surface area (Å²) in [4.78, 5) is 24.6. The largest absolute Gasteiger partial charge is 0.419 e. The highest BCUT2D eigenvalue weighted by Crippen LogP contribution is 2.15. The number of H-pyrrole nitrogens is 1. The molecule has 1 aromatic heterocycles. The van der Waals surface area contributed by atoms with Crippen LogP contribution in [0.15, 0.2) is 26.1 Å². The van der Waals surface area contributed by atoms with Gasteiger partial charge in [-0.05, 0) is 24.6 Å². The second kappa shape index (κ2) is 2.73. The fourth-order valence-corrected chi connectivity index (χ4v) is 1.46. The third kappa shape index (κ3) is 1.19. The lowest BCUT2D eigenvalue weighted by Gasteiger charge is -2.00. The van der Waals surface area contributed by atoms with Gasteiger partial charge in [0, 0.05) is 5.69 Å². The lowest BCUT2D eigenvalue weighted by molar-refractivity contribution is 0.460. The molecule has 5 heteroatoms. The number of nitrogen functional groups attached to an aromatic ring is 1. The van der Waals surface area contributed by atoms with Gasteiger partial charge in [0.25, 0.3) is 0 Å². The fraction of sp³-hybridized carbons (Fsp3) is 0.111. The van der Waals surface area contributed by atoms with E-state index in [1.54, 1.807) is 13.0 Å². The molecule has 1 heterocycles. The maximum Gasteiger partial charge on any atom is 0.419 e.